The number of hydrogen-bond donors (Lipinski definition) is 0. The van der Waals surface area contributed by atoms with Gasteiger partial charge in [0.05, 0.1) is 0 Å². The molecule has 0 spiro atoms. The average molecular weight is 687 g/mol. The molecule has 2 heterocycles. The van der Waals surface area contributed by atoms with Crippen LogP contribution in [0.1, 0.15) is 0 Å². The monoisotopic (exact) mass is 686 g/mol. The Balaban J connectivity index is 1.07. The molecule has 10 aromatic carbocycles. The van der Waals surface area contributed by atoms with Crippen LogP contribution in [0.15, 0.2) is 191 Å². The van der Waals surface area contributed by atoms with Gasteiger partial charge in [-0.25, -0.2) is 0 Å². The fraction of sp³-hybridized carbons (Fsp3) is 0. The van der Waals surface area contributed by atoms with Gasteiger partial charge in [0.2, 0.25) is 0 Å². The zero-order chi connectivity index (χ0) is 35.3. The standard InChI is InChI=1S/C52H30O2/c1-2-15-36-31(11-1)12-10-21-37(36)32-13-9-14-34(27-32)50-39-17-3-5-19-41(39)51(42-20-6-4-18-40(42)50)35-23-25-43-48(29-35)54-47-26-24-33-28-49-45(30-44(33)52(43)47)38-16-7-8-22-46(38)53-49/h1-30H. The molecule has 0 aliphatic heterocycles. The minimum absolute atomic E-state index is 0.882. The zero-order valence-corrected chi connectivity index (χ0v) is 29.1. The molecule has 2 aromatic heterocycles. The topological polar surface area (TPSA) is 26.3 Å². The molecule has 12 aromatic rings. The van der Waals surface area contributed by atoms with Crippen LogP contribution in [0.25, 0.3) is 120 Å². The first-order valence-electron chi connectivity index (χ1n) is 18.5. The molecule has 54 heavy (non-hydrogen) atoms. The Hall–Kier alpha value is -7.16. The molecule has 0 N–H and O–H groups in total. The smallest absolute Gasteiger partial charge is 0.136 e. The molecule has 0 saturated heterocycles. The summed E-state index contributed by atoms with van der Waals surface area (Å²) in [6.45, 7) is 0. The third kappa shape index (κ3) is 4.22. The molecule has 0 atom stereocenters. The Morgan fingerprint density at radius 3 is 1.63 bits per heavy atom. The van der Waals surface area contributed by atoms with Crippen molar-refractivity contribution in [1.82, 2.24) is 0 Å². The first-order chi connectivity index (χ1) is 26.8. The van der Waals surface area contributed by atoms with Crippen LogP contribution in [0.4, 0.5) is 0 Å². The van der Waals surface area contributed by atoms with Gasteiger partial charge >= 0.3 is 0 Å². The Morgan fingerprint density at radius 2 is 0.852 bits per heavy atom. The molecule has 2 nitrogen and oxygen atoms in total. The van der Waals surface area contributed by atoms with Crippen LogP contribution in [0.3, 0.4) is 0 Å². The number of hydrogen-bond acceptors (Lipinski definition) is 2. The van der Waals surface area contributed by atoms with Crippen LogP contribution < -0.4 is 0 Å². The van der Waals surface area contributed by atoms with Crippen molar-refractivity contribution in [2.75, 3.05) is 0 Å². The number of benzene rings is 10. The fourth-order valence-electron chi connectivity index (χ4n) is 9.04. The van der Waals surface area contributed by atoms with Gasteiger partial charge in [-0.3, -0.25) is 0 Å². The van der Waals surface area contributed by atoms with Crippen molar-refractivity contribution in [3.05, 3.63) is 182 Å². The van der Waals surface area contributed by atoms with E-state index in [1.165, 1.54) is 65.5 Å². The second kappa shape index (κ2) is 11.2. The largest absolute Gasteiger partial charge is 0.456 e. The number of fused-ring (bicyclic) bond motifs is 11. The van der Waals surface area contributed by atoms with Gasteiger partial charge in [-0.15, -0.1) is 0 Å². The number of rotatable bonds is 3. The summed E-state index contributed by atoms with van der Waals surface area (Å²) in [6.07, 6.45) is 0. The van der Waals surface area contributed by atoms with Gasteiger partial charge in [0.1, 0.15) is 22.3 Å². The van der Waals surface area contributed by atoms with E-state index in [0.29, 0.717) is 0 Å². The summed E-state index contributed by atoms with van der Waals surface area (Å²) in [4.78, 5) is 0. The summed E-state index contributed by atoms with van der Waals surface area (Å²) < 4.78 is 12.9. The highest BCUT2D eigenvalue weighted by Gasteiger charge is 2.19. The Bertz CT molecular complexity index is 3440. The predicted octanol–water partition coefficient (Wildman–Crippen LogP) is 15.1. The van der Waals surface area contributed by atoms with Gasteiger partial charge in [0.25, 0.3) is 0 Å². The number of furan rings is 2. The minimum Gasteiger partial charge on any atom is -0.456 e. The molecule has 12 rings (SSSR count). The fourth-order valence-corrected chi connectivity index (χ4v) is 9.04. The summed E-state index contributed by atoms with van der Waals surface area (Å²) >= 11 is 0. The van der Waals surface area contributed by atoms with E-state index in [1.54, 1.807) is 0 Å². The molecule has 0 saturated carbocycles. The first kappa shape index (κ1) is 29.4. The Morgan fingerprint density at radius 1 is 0.259 bits per heavy atom. The highest BCUT2D eigenvalue weighted by molar-refractivity contribution is 6.25. The molecular weight excluding hydrogens is 657 g/mol. The molecule has 0 unspecified atom stereocenters. The van der Waals surface area contributed by atoms with Crippen molar-refractivity contribution in [2.24, 2.45) is 0 Å². The van der Waals surface area contributed by atoms with Gasteiger partial charge in [-0.1, -0.05) is 140 Å². The van der Waals surface area contributed by atoms with E-state index in [0.717, 1.165) is 54.8 Å². The van der Waals surface area contributed by atoms with E-state index in [9.17, 15) is 0 Å². The quantitative estimate of drug-likeness (QED) is 0.173. The maximum Gasteiger partial charge on any atom is 0.136 e. The van der Waals surface area contributed by atoms with Crippen molar-refractivity contribution >= 4 is 87.0 Å². The summed E-state index contributed by atoms with van der Waals surface area (Å²) in [5.41, 5.74) is 10.8. The second-order valence-electron chi connectivity index (χ2n) is 14.4. The average Bonchev–Trinajstić information content (AvgIpc) is 3.79. The third-order valence-electron chi connectivity index (χ3n) is 11.4. The predicted molar refractivity (Wildman–Crippen MR) is 227 cm³/mol. The lowest BCUT2D eigenvalue weighted by Crippen LogP contribution is -1.91. The van der Waals surface area contributed by atoms with Gasteiger partial charge in [-0.2, -0.15) is 0 Å². The summed E-state index contributed by atoms with van der Waals surface area (Å²) in [5.74, 6) is 0. The molecule has 250 valence electrons. The Kier molecular flexibility index (Phi) is 6.09. The normalized spacial score (nSPS) is 12.1. The molecule has 0 aliphatic carbocycles. The van der Waals surface area contributed by atoms with Gasteiger partial charge in [0, 0.05) is 21.5 Å². The summed E-state index contributed by atoms with van der Waals surface area (Å²) in [5, 5.41) is 14.2. The molecule has 0 amide bonds. The van der Waals surface area contributed by atoms with Crippen LogP contribution >= 0.6 is 0 Å². The maximum atomic E-state index is 6.68. The lowest BCUT2D eigenvalue weighted by Gasteiger charge is -2.18. The molecule has 0 aliphatic rings. The van der Waals surface area contributed by atoms with E-state index >= 15 is 0 Å². The lowest BCUT2D eigenvalue weighted by molar-refractivity contribution is 0.668. The number of para-hydroxylation sites is 1. The molecular formula is C52H30O2. The van der Waals surface area contributed by atoms with Crippen LogP contribution in [-0.4, -0.2) is 0 Å². The van der Waals surface area contributed by atoms with Gasteiger partial charge in [-0.05, 0) is 119 Å². The van der Waals surface area contributed by atoms with Crippen molar-refractivity contribution in [2.45, 2.75) is 0 Å². The van der Waals surface area contributed by atoms with Crippen LogP contribution in [0.2, 0.25) is 0 Å². The highest BCUT2D eigenvalue weighted by Crippen LogP contribution is 2.46. The van der Waals surface area contributed by atoms with Crippen molar-refractivity contribution in [1.29, 1.82) is 0 Å². The summed E-state index contributed by atoms with van der Waals surface area (Å²) in [7, 11) is 0. The van der Waals surface area contributed by atoms with Crippen molar-refractivity contribution < 1.29 is 8.83 Å². The van der Waals surface area contributed by atoms with Crippen LogP contribution in [0, 0.1) is 0 Å². The third-order valence-corrected chi connectivity index (χ3v) is 11.4. The SMILES string of the molecule is c1cc(-c2cccc3ccccc23)cc(-c2c3ccccc3c(-c3ccc4c(c3)oc3ccc5cc6oc7ccccc7c6cc5c34)c3ccccc23)c1. The maximum absolute atomic E-state index is 6.68. The van der Waals surface area contributed by atoms with Crippen molar-refractivity contribution in [3.8, 4) is 33.4 Å². The highest BCUT2D eigenvalue weighted by atomic mass is 16.3. The molecule has 0 radical (unpaired) electrons. The lowest BCUT2D eigenvalue weighted by atomic mass is 9.85. The molecule has 0 fully saturated rings. The molecule has 2 heteroatoms. The summed E-state index contributed by atoms with van der Waals surface area (Å²) in [6, 6.07) is 65.7. The first-order valence-corrected chi connectivity index (χ1v) is 18.5. The van der Waals surface area contributed by atoms with E-state index in [2.05, 4.69) is 170 Å². The Labute approximate surface area is 310 Å². The van der Waals surface area contributed by atoms with E-state index < -0.39 is 0 Å². The van der Waals surface area contributed by atoms with E-state index in [4.69, 9.17) is 8.83 Å². The van der Waals surface area contributed by atoms with Crippen LogP contribution in [0.5, 0.6) is 0 Å². The minimum atomic E-state index is 0.882. The van der Waals surface area contributed by atoms with Gasteiger partial charge < -0.3 is 8.83 Å². The van der Waals surface area contributed by atoms with Gasteiger partial charge in [0.15, 0.2) is 0 Å². The molecule has 0 bridgehead atoms. The zero-order valence-electron chi connectivity index (χ0n) is 29.1. The van der Waals surface area contributed by atoms with E-state index in [-0.39, 0.29) is 0 Å². The van der Waals surface area contributed by atoms with Crippen molar-refractivity contribution in [3.63, 3.8) is 0 Å². The second-order valence-corrected chi connectivity index (χ2v) is 14.4. The van der Waals surface area contributed by atoms with E-state index in [1.807, 2.05) is 12.1 Å². The van der Waals surface area contributed by atoms with Crippen LogP contribution in [-0.2, 0) is 0 Å².